The van der Waals surface area contributed by atoms with Crippen LogP contribution in [0.3, 0.4) is 0 Å². The number of alkyl halides is 3. The predicted molar refractivity (Wildman–Crippen MR) is 155 cm³/mol. The van der Waals surface area contributed by atoms with E-state index in [1.54, 1.807) is 23.4 Å². The number of hydrogen-bond donors (Lipinski definition) is 1. The maximum atomic E-state index is 13.9. The zero-order valence-electron chi connectivity index (χ0n) is 24.9. The number of ether oxygens (including phenoxy) is 1. The Labute approximate surface area is 249 Å². The lowest BCUT2D eigenvalue weighted by molar-refractivity contribution is -0.353. The van der Waals surface area contributed by atoms with Crippen LogP contribution in [0.15, 0.2) is 30.6 Å². The van der Waals surface area contributed by atoms with E-state index in [0.29, 0.717) is 49.8 Å². The smallest absolute Gasteiger partial charge is 0.394 e. The molecule has 0 aromatic carbocycles. The van der Waals surface area contributed by atoms with Gasteiger partial charge in [-0.3, -0.25) is 14.6 Å². The second kappa shape index (κ2) is 10.9. The fourth-order valence-electron chi connectivity index (χ4n) is 7.51. The average molecular weight is 601 g/mol. The van der Waals surface area contributed by atoms with E-state index in [1.807, 2.05) is 33.0 Å². The van der Waals surface area contributed by atoms with E-state index in [2.05, 4.69) is 20.1 Å². The van der Waals surface area contributed by atoms with Gasteiger partial charge < -0.3 is 24.8 Å². The topological polar surface area (TPSA) is 90.9 Å². The first-order chi connectivity index (χ1) is 20.5. The van der Waals surface area contributed by atoms with Crippen LogP contribution in [0.1, 0.15) is 56.4 Å². The normalized spacial score (nSPS) is 28.7. The lowest BCUT2D eigenvalue weighted by Crippen LogP contribution is -2.74. The lowest BCUT2D eigenvalue weighted by Gasteiger charge is -2.70. The Balaban J connectivity index is 1.29. The molecule has 0 unspecified atom stereocenters. The molecule has 12 heteroatoms. The third-order valence-corrected chi connectivity index (χ3v) is 9.78. The van der Waals surface area contributed by atoms with Crippen molar-refractivity contribution in [2.45, 2.75) is 64.2 Å². The van der Waals surface area contributed by atoms with Gasteiger partial charge in [-0.1, -0.05) is 6.92 Å². The molecule has 2 bridgehead atoms. The van der Waals surface area contributed by atoms with Crippen LogP contribution in [-0.4, -0.2) is 96.2 Å². The Hall–Kier alpha value is -3.41. The number of carbonyl (C=O) groups is 2. The first-order valence-electron chi connectivity index (χ1n) is 15.2. The quantitative estimate of drug-likeness (QED) is 0.487. The molecule has 232 valence electrons. The molecule has 5 aliphatic rings. The molecule has 2 amide bonds. The van der Waals surface area contributed by atoms with Gasteiger partial charge in [0.2, 0.25) is 5.91 Å². The summed E-state index contributed by atoms with van der Waals surface area (Å²) in [5, 5.41) is 3.17. The fourth-order valence-corrected chi connectivity index (χ4v) is 7.51. The van der Waals surface area contributed by atoms with Crippen LogP contribution in [0.5, 0.6) is 5.75 Å². The number of likely N-dealkylation sites (tertiary alicyclic amines) is 1. The molecule has 1 N–H and O–H groups in total. The Kier molecular flexibility index (Phi) is 7.55. The van der Waals surface area contributed by atoms with E-state index in [9.17, 15) is 22.8 Å². The van der Waals surface area contributed by atoms with Gasteiger partial charge in [0.05, 0.1) is 23.1 Å². The van der Waals surface area contributed by atoms with Crippen molar-refractivity contribution in [3.63, 3.8) is 0 Å². The number of piperazine rings is 1. The average Bonchev–Trinajstić information content (AvgIpc) is 3.34. The van der Waals surface area contributed by atoms with E-state index in [0.717, 1.165) is 25.1 Å². The maximum absolute atomic E-state index is 13.9. The predicted octanol–water partition coefficient (Wildman–Crippen LogP) is 4.14. The summed E-state index contributed by atoms with van der Waals surface area (Å²) >= 11 is 0. The number of rotatable bonds is 8. The Bertz CT molecular complexity index is 1370. The van der Waals surface area contributed by atoms with Crippen LogP contribution < -0.4 is 15.0 Å². The largest absolute Gasteiger partial charge is 0.492 e. The lowest BCUT2D eigenvalue weighted by atomic mass is 9.34. The highest BCUT2D eigenvalue weighted by atomic mass is 19.4. The van der Waals surface area contributed by atoms with Gasteiger partial charge in [-0.2, -0.15) is 13.2 Å². The van der Waals surface area contributed by atoms with Gasteiger partial charge in [-0.15, -0.1) is 0 Å². The van der Waals surface area contributed by atoms with Crippen LogP contribution >= 0.6 is 0 Å². The molecular formula is C31H39F3N6O3. The molecule has 2 aromatic rings. The molecule has 2 saturated heterocycles. The van der Waals surface area contributed by atoms with Crippen LogP contribution in [0.25, 0.3) is 11.3 Å². The molecular weight excluding hydrogens is 561 g/mol. The van der Waals surface area contributed by atoms with Gasteiger partial charge >= 0.3 is 6.18 Å². The number of nitrogens with zero attached hydrogens (tertiary/aromatic N) is 5. The molecule has 0 radical (unpaired) electrons. The molecule has 2 aliphatic heterocycles. The summed E-state index contributed by atoms with van der Waals surface area (Å²) in [6, 6.07) is 5.40. The van der Waals surface area contributed by atoms with Crippen molar-refractivity contribution < 1.29 is 27.5 Å². The fraction of sp³-hybridized carbons (Fsp3) is 0.613. The standard InChI is InChI=1S/C31H39F3N6O3/c1-4-22-16-39(28(42)29-17-30(18-29,19-29)31(32,33)34)11-12-40(22)23-13-24(43-5-2)25(20-7-6-9-35-14-20)37-26(23)27(41)36-21-8-10-38(3)15-21/h6-7,9,13-14,21-22H,4-5,8,10-12,15-19H2,1-3H3,(H,36,41)/t21-,22-,29?,30?/m1/s1. The van der Waals surface area contributed by atoms with Crippen LogP contribution in [0.4, 0.5) is 18.9 Å². The van der Waals surface area contributed by atoms with Crippen molar-refractivity contribution in [3.05, 3.63) is 36.3 Å². The van der Waals surface area contributed by atoms with Gasteiger partial charge in [0.15, 0.2) is 5.69 Å². The summed E-state index contributed by atoms with van der Waals surface area (Å²) in [5.41, 5.74) is -0.379. The summed E-state index contributed by atoms with van der Waals surface area (Å²) < 4.78 is 46.4. The third-order valence-electron chi connectivity index (χ3n) is 9.78. The van der Waals surface area contributed by atoms with E-state index in [1.165, 1.54) is 0 Å². The highest BCUT2D eigenvalue weighted by molar-refractivity contribution is 5.99. The minimum atomic E-state index is -4.25. The number of halogens is 3. The highest BCUT2D eigenvalue weighted by Crippen LogP contribution is 2.78. The van der Waals surface area contributed by atoms with Crippen molar-refractivity contribution in [2.75, 3.05) is 51.3 Å². The Morgan fingerprint density at radius 3 is 2.51 bits per heavy atom. The first-order valence-corrected chi connectivity index (χ1v) is 15.2. The van der Waals surface area contributed by atoms with Crippen LogP contribution in [0, 0.1) is 10.8 Å². The van der Waals surface area contributed by atoms with Crippen molar-refractivity contribution in [3.8, 4) is 17.0 Å². The second-order valence-corrected chi connectivity index (χ2v) is 12.7. The monoisotopic (exact) mass is 600 g/mol. The molecule has 2 aromatic heterocycles. The maximum Gasteiger partial charge on any atom is 0.394 e. The molecule has 3 aliphatic carbocycles. The molecule has 5 fully saturated rings. The number of likely N-dealkylation sites (N-methyl/N-ethyl adjacent to an activating group) is 1. The molecule has 2 atom stereocenters. The summed E-state index contributed by atoms with van der Waals surface area (Å²) in [6.45, 7) is 7.11. The zero-order chi connectivity index (χ0) is 30.6. The Morgan fingerprint density at radius 2 is 1.91 bits per heavy atom. The second-order valence-electron chi connectivity index (χ2n) is 12.7. The number of hydrogen-bond acceptors (Lipinski definition) is 7. The van der Waals surface area contributed by atoms with Crippen molar-refractivity contribution in [1.29, 1.82) is 0 Å². The van der Waals surface area contributed by atoms with Crippen LogP contribution in [-0.2, 0) is 4.79 Å². The summed E-state index contributed by atoms with van der Waals surface area (Å²) in [4.78, 5) is 42.5. The first kappa shape index (κ1) is 29.7. The van der Waals surface area contributed by atoms with Gasteiger partial charge in [0.1, 0.15) is 11.4 Å². The van der Waals surface area contributed by atoms with E-state index >= 15 is 0 Å². The van der Waals surface area contributed by atoms with Gasteiger partial charge in [-0.05, 0) is 64.8 Å². The number of aromatic nitrogens is 2. The molecule has 4 heterocycles. The van der Waals surface area contributed by atoms with E-state index in [4.69, 9.17) is 9.72 Å². The number of carbonyl (C=O) groups excluding carboxylic acids is 2. The molecule has 0 spiro atoms. The van der Waals surface area contributed by atoms with Gasteiger partial charge in [-0.25, -0.2) is 4.98 Å². The van der Waals surface area contributed by atoms with Crippen molar-refractivity contribution in [2.24, 2.45) is 10.8 Å². The molecule has 3 saturated carbocycles. The highest BCUT2D eigenvalue weighted by Gasteiger charge is 2.81. The zero-order valence-corrected chi connectivity index (χ0v) is 24.9. The number of pyridine rings is 2. The summed E-state index contributed by atoms with van der Waals surface area (Å²) in [7, 11) is 2.02. The van der Waals surface area contributed by atoms with Crippen molar-refractivity contribution >= 4 is 17.5 Å². The minimum absolute atomic E-state index is 0.00466. The molecule has 43 heavy (non-hydrogen) atoms. The Morgan fingerprint density at radius 1 is 1.14 bits per heavy atom. The number of amides is 2. The van der Waals surface area contributed by atoms with Gasteiger partial charge in [0, 0.05) is 62.3 Å². The molecule has 7 rings (SSSR count). The molecule has 9 nitrogen and oxygen atoms in total. The SMILES string of the molecule is CCOc1cc(N2CCN(C(=O)C34CC(C(F)(F)F)(C3)C4)C[C@H]2CC)c(C(=O)N[C@@H]2CCN(C)C2)nc1-c1cccnc1. The number of nitrogens with one attached hydrogen (secondary N) is 1. The number of anilines is 1. The van der Waals surface area contributed by atoms with Crippen LogP contribution in [0.2, 0.25) is 0 Å². The summed E-state index contributed by atoms with van der Waals surface area (Å²) in [5.74, 6) is 0.0885. The van der Waals surface area contributed by atoms with Crippen molar-refractivity contribution in [1.82, 2.24) is 25.1 Å². The van der Waals surface area contributed by atoms with E-state index in [-0.39, 0.29) is 48.9 Å². The minimum Gasteiger partial charge on any atom is -0.492 e. The van der Waals surface area contributed by atoms with Gasteiger partial charge in [0.25, 0.3) is 5.91 Å². The van der Waals surface area contributed by atoms with E-state index < -0.39 is 17.0 Å². The summed E-state index contributed by atoms with van der Waals surface area (Å²) in [6.07, 6.45) is 0.326. The third kappa shape index (κ3) is 5.11.